The summed E-state index contributed by atoms with van der Waals surface area (Å²) in [6, 6.07) is 16.4. The van der Waals surface area contributed by atoms with Crippen LogP contribution < -0.4 is 15.4 Å². The number of imidazole rings is 1. The smallest absolute Gasteiger partial charge is 0.196 e. The first-order valence-corrected chi connectivity index (χ1v) is 11.0. The number of aliphatic imine (C=N–C) groups is 1. The number of ether oxygens (including phenoxy) is 2. The second kappa shape index (κ2) is 14.5. The molecule has 1 aromatic heterocycles. The van der Waals surface area contributed by atoms with Crippen LogP contribution in [0, 0.1) is 6.92 Å². The van der Waals surface area contributed by atoms with Crippen LogP contribution in [0.2, 0.25) is 0 Å². The molecule has 0 aliphatic rings. The molecule has 0 bridgehead atoms. The highest BCUT2D eigenvalue weighted by Gasteiger charge is 2.04. The third kappa shape index (κ3) is 9.05. The van der Waals surface area contributed by atoms with Gasteiger partial charge in [-0.15, -0.1) is 24.0 Å². The fraction of sp³-hybridized carbons (Fsp3) is 0.360. The lowest BCUT2D eigenvalue weighted by molar-refractivity contribution is 0.172. The molecule has 8 heteroatoms. The van der Waals surface area contributed by atoms with Crippen LogP contribution in [-0.2, 0) is 17.8 Å². The summed E-state index contributed by atoms with van der Waals surface area (Å²) in [4.78, 5) is 9.06. The van der Waals surface area contributed by atoms with Crippen molar-refractivity contribution in [3.05, 3.63) is 77.9 Å². The first-order valence-electron chi connectivity index (χ1n) is 11.0. The van der Waals surface area contributed by atoms with E-state index in [1.165, 1.54) is 5.56 Å². The minimum absolute atomic E-state index is 0. The number of aryl methyl sites for hydroxylation is 1. The van der Waals surface area contributed by atoms with Gasteiger partial charge in [-0.25, -0.2) is 9.98 Å². The first kappa shape index (κ1) is 26.7. The Hall–Kier alpha value is -2.59. The van der Waals surface area contributed by atoms with Crippen molar-refractivity contribution in [2.24, 2.45) is 4.99 Å². The maximum Gasteiger partial charge on any atom is 0.196 e. The van der Waals surface area contributed by atoms with Gasteiger partial charge in [-0.3, -0.25) is 0 Å². The number of nitrogens with zero attached hydrogens (tertiary/aromatic N) is 3. The summed E-state index contributed by atoms with van der Waals surface area (Å²) in [7, 11) is 1.70. The van der Waals surface area contributed by atoms with Gasteiger partial charge >= 0.3 is 0 Å². The Labute approximate surface area is 213 Å². The van der Waals surface area contributed by atoms with E-state index in [2.05, 4.69) is 51.4 Å². The van der Waals surface area contributed by atoms with Crippen LogP contribution >= 0.6 is 24.0 Å². The van der Waals surface area contributed by atoms with Crippen molar-refractivity contribution < 1.29 is 9.47 Å². The molecule has 2 N–H and O–H groups in total. The summed E-state index contributed by atoms with van der Waals surface area (Å²) >= 11 is 0. The lowest BCUT2D eigenvalue weighted by atomic mass is 10.1. The van der Waals surface area contributed by atoms with Crippen LogP contribution in [0.1, 0.15) is 30.3 Å². The summed E-state index contributed by atoms with van der Waals surface area (Å²) in [6.45, 7) is 7.55. The third-order valence-electron chi connectivity index (χ3n) is 4.89. The molecule has 0 saturated carbocycles. The molecular weight excluding hydrogens is 529 g/mol. The summed E-state index contributed by atoms with van der Waals surface area (Å²) < 4.78 is 13.0. The number of guanidine groups is 1. The lowest BCUT2D eigenvalue weighted by Crippen LogP contribution is -2.30. The molecular formula is C25H34IN5O2. The highest BCUT2D eigenvalue weighted by Crippen LogP contribution is 2.18. The third-order valence-corrected chi connectivity index (χ3v) is 4.89. The highest BCUT2D eigenvalue weighted by molar-refractivity contribution is 14.0. The van der Waals surface area contributed by atoms with Crippen molar-refractivity contribution >= 4 is 35.6 Å². The predicted octanol–water partition coefficient (Wildman–Crippen LogP) is 4.85. The van der Waals surface area contributed by atoms with Crippen LogP contribution in [0.5, 0.6) is 5.75 Å². The molecule has 178 valence electrons. The lowest BCUT2D eigenvalue weighted by Gasteiger charge is -2.13. The van der Waals surface area contributed by atoms with Crippen molar-refractivity contribution in [2.75, 3.05) is 32.2 Å². The zero-order valence-electron chi connectivity index (χ0n) is 19.6. The van der Waals surface area contributed by atoms with Gasteiger partial charge < -0.3 is 24.7 Å². The highest BCUT2D eigenvalue weighted by atomic mass is 127. The van der Waals surface area contributed by atoms with Crippen molar-refractivity contribution in [3.8, 4) is 5.75 Å². The molecule has 0 spiro atoms. The van der Waals surface area contributed by atoms with Crippen molar-refractivity contribution in [1.29, 1.82) is 0 Å². The number of anilines is 1. The summed E-state index contributed by atoms with van der Waals surface area (Å²) in [5, 5.41) is 6.68. The molecule has 3 aromatic rings. The fourth-order valence-electron chi connectivity index (χ4n) is 3.26. The average Bonchev–Trinajstić information content (AvgIpc) is 3.20. The van der Waals surface area contributed by atoms with E-state index in [1.807, 2.05) is 43.6 Å². The maximum atomic E-state index is 5.80. The second-order valence-corrected chi connectivity index (χ2v) is 7.47. The van der Waals surface area contributed by atoms with Crippen molar-refractivity contribution in [3.63, 3.8) is 0 Å². The molecule has 0 amide bonds. The van der Waals surface area contributed by atoms with Gasteiger partial charge in [0.15, 0.2) is 5.96 Å². The Morgan fingerprint density at radius 3 is 2.67 bits per heavy atom. The number of rotatable bonds is 11. The molecule has 0 aliphatic carbocycles. The van der Waals surface area contributed by atoms with Gasteiger partial charge in [0.05, 0.1) is 13.2 Å². The Bertz CT molecular complexity index is 1010. The molecule has 7 nitrogen and oxygen atoms in total. The standard InChI is InChI=1S/C25H33N5O2.HI/c1-4-26-25(29-23-10-6-11-24(17-23)32-15-7-14-31-3)28-18-21-8-5-9-22(16-21)19-30-13-12-27-20(30)2;/h5-6,8-13,16-17H,4,7,14-15,18-19H2,1-3H3,(H2,26,28,29);1H. The van der Waals surface area contributed by atoms with E-state index >= 15 is 0 Å². The summed E-state index contributed by atoms with van der Waals surface area (Å²) in [5.74, 6) is 2.57. The summed E-state index contributed by atoms with van der Waals surface area (Å²) in [6.07, 6.45) is 4.69. The van der Waals surface area contributed by atoms with E-state index in [9.17, 15) is 0 Å². The molecule has 33 heavy (non-hydrogen) atoms. The molecule has 0 radical (unpaired) electrons. The number of hydrogen-bond acceptors (Lipinski definition) is 4. The molecule has 0 fully saturated rings. The molecule has 1 heterocycles. The number of aromatic nitrogens is 2. The number of methoxy groups -OCH3 is 1. The zero-order chi connectivity index (χ0) is 22.6. The van der Waals surface area contributed by atoms with E-state index in [0.717, 1.165) is 48.3 Å². The van der Waals surface area contributed by atoms with Gasteiger partial charge in [-0.1, -0.05) is 30.3 Å². The quantitative estimate of drug-likeness (QED) is 0.151. The van der Waals surface area contributed by atoms with E-state index < -0.39 is 0 Å². The SMILES string of the molecule is CCNC(=NCc1cccc(Cn2ccnc2C)c1)Nc1cccc(OCCCOC)c1.I. The van der Waals surface area contributed by atoms with Crippen LogP contribution in [0.15, 0.2) is 65.9 Å². The van der Waals surface area contributed by atoms with Gasteiger partial charge in [0.25, 0.3) is 0 Å². The number of halogens is 1. The predicted molar refractivity (Wildman–Crippen MR) is 145 cm³/mol. The van der Waals surface area contributed by atoms with Crippen molar-refractivity contribution in [2.45, 2.75) is 33.4 Å². The number of hydrogen-bond donors (Lipinski definition) is 2. The average molecular weight is 563 g/mol. The van der Waals surface area contributed by atoms with Crippen LogP contribution in [0.25, 0.3) is 0 Å². The van der Waals surface area contributed by atoms with Crippen molar-refractivity contribution in [1.82, 2.24) is 14.9 Å². The Balaban J connectivity index is 0.00000385. The minimum atomic E-state index is 0. The normalized spacial score (nSPS) is 11.1. The number of nitrogens with one attached hydrogen (secondary N) is 2. The van der Waals surface area contributed by atoms with Gasteiger partial charge in [0.1, 0.15) is 11.6 Å². The second-order valence-electron chi connectivity index (χ2n) is 7.47. The monoisotopic (exact) mass is 563 g/mol. The molecule has 0 aliphatic heterocycles. The van der Waals surface area contributed by atoms with Crippen LogP contribution in [0.3, 0.4) is 0 Å². The first-order chi connectivity index (χ1) is 15.7. The molecule has 0 atom stereocenters. The van der Waals surface area contributed by atoms with Crippen LogP contribution in [0.4, 0.5) is 5.69 Å². The van der Waals surface area contributed by atoms with Gasteiger partial charge in [-0.05, 0) is 37.1 Å². The van der Waals surface area contributed by atoms with E-state index in [-0.39, 0.29) is 24.0 Å². The van der Waals surface area contributed by atoms with Gasteiger partial charge in [0.2, 0.25) is 0 Å². The minimum Gasteiger partial charge on any atom is -0.493 e. The Morgan fingerprint density at radius 2 is 1.91 bits per heavy atom. The Kier molecular flexibility index (Phi) is 11.7. The van der Waals surface area contributed by atoms with Gasteiger partial charge in [-0.2, -0.15) is 0 Å². The van der Waals surface area contributed by atoms with Crippen LogP contribution in [-0.4, -0.2) is 42.4 Å². The molecule has 0 saturated heterocycles. The zero-order valence-corrected chi connectivity index (χ0v) is 21.9. The summed E-state index contributed by atoms with van der Waals surface area (Å²) in [5.41, 5.74) is 3.32. The maximum absolute atomic E-state index is 5.80. The fourth-order valence-corrected chi connectivity index (χ4v) is 3.26. The van der Waals surface area contributed by atoms with E-state index in [0.29, 0.717) is 19.8 Å². The van der Waals surface area contributed by atoms with E-state index in [4.69, 9.17) is 14.5 Å². The largest absolute Gasteiger partial charge is 0.493 e. The number of benzene rings is 2. The molecule has 0 unspecified atom stereocenters. The van der Waals surface area contributed by atoms with Gasteiger partial charge in [0, 0.05) is 57.4 Å². The van der Waals surface area contributed by atoms with E-state index in [1.54, 1.807) is 7.11 Å². The molecule has 3 rings (SSSR count). The molecule has 2 aromatic carbocycles. The Morgan fingerprint density at radius 1 is 1.09 bits per heavy atom. The topological polar surface area (TPSA) is 72.7 Å².